The van der Waals surface area contributed by atoms with Crippen LogP contribution in [0.2, 0.25) is 5.15 Å². The summed E-state index contributed by atoms with van der Waals surface area (Å²) in [5, 5.41) is 22.2. The van der Waals surface area contributed by atoms with Gasteiger partial charge in [0.1, 0.15) is 18.4 Å². The van der Waals surface area contributed by atoms with Gasteiger partial charge in [0.05, 0.1) is 24.9 Å². The maximum atomic E-state index is 14.4. The topological polar surface area (TPSA) is 127 Å². The second-order valence-corrected chi connectivity index (χ2v) is 10.5. The van der Waals surface area contributed by atoms with Gasteiger partial charge in [-0.05, 0) is 61.7 Å². The quantitative estimate of drug-likeness (QED) is 0.164. The van der Waals surface area contributed by atoms with E-state index in [1.807, 2.05) is 0 Å². The first kappa shape index (κ1) is 33.6. The van der Waals surface area contributed by atoms with Crippen molar-refractivity contribution in [1.29, 1.82) is 0 Å². The van der Waals surface area contributed by atoms with E-state index in [0.717, 1.165) is 11.6 Å². The van der Waals surface area contributed by atoms with Gasteiger partial charge in [-0.3, -0.25) is 4.79 Å². The Morgan fingerprint density at radius 2 is 1.72 bits per heavy atom. The minimum atomic E-state index is -5.24. The molecule has 0 saturated heterocycles. The number of rotatable bonds is 13. The van der Waals surface area contributed by atoms with Crippen LogP contribution in [0.25, 0.3) is 0 Å². The molecule has 232 valence electrons. The van der Waals surface area contributed by atoms with E-state index in [1.165, 1.54) is 45.2 Å². The van der Waals surface area contributed by atoms with E-state index in [4.69, 9.17) is 30.9 Å². The second kappa shape index (κ2) is 14.1. The average molecular weight is 625 g/mol. The molecule has 3 rings (SSSR count). The predicted octanol–water partition coefficient (Wildman–Crippen LogP) is 5.69. The first-order valence-corrected chi connectivity index (χ1v) is 13.5. The number of methoxy groups -OCH3 is 1. The molecule has 3 aromatic rings. The minimum absolute atomic E-state index is 0.0248. The van der Waals surface area contributed by atoms with Crippen LogP contribution in [0.1, 0.15) is 53.9 Å². The lowest BCUT2D eigenvalue weighted by molar-refractivity contribution is -0.270. The molecule has 0 bridgehead atoms. The summed E-state index contributed by atoms with van der Waals surface area (Å²) >= 11 is 6.09. The predicted molar refractivity (Wildman–Crippen MR) is 151 cm³/mol. The molecule has 0 radical (unpaired) electrons. The highest BCUT2D eigenvalue weighted by Crippen LogP contribution is 2.43. The number of hydrogen-bond acceptors (Lipinski definition) is 8. The zero-order valence-electron chi connectivity index (χ0n) is 23.7. The van der Waals surface area contributed by atoms with Gasteiger partial charge in [0.25, 0.3) is 0 Å². The summed E-state index contributed by atoms with van der Waals surface area (Å²) in [4.78, 5) is 29.1. The largest absolute Gasteiger partial charge is 0.493 e. The fourth-order valence-electron chi connectivity index (χ4n) is 4.13. The summed E-state index contributed by atoms with van der Waals surface area (Å²) in [6.07, 6.45) is -7.86. The Morgan fingerprint density at radius 1 is 1.02 bits per heavy atom. The molecule has 0 spiro atoms. The monoisotopic (exact) mass is 624 g/mol. The Labute approximate surface area is 251 Å². The van der Waals surface area contributed by atoms with E-state index < -0.39 is 47.7 Å². The van der Waals surface area contributed by atoms with Crippen molar-refractivity contribution in [2.45, 2.75) is 50.6 Å². The minimum Gasteiger partial charge on any atom is -0.493 e. The fraction of sp³-hybridized carbons (Fsp3) is 0.367. The third-order valence-electron chi connectivity index (χ3n) is 6.58. The number of carbonyl (C=O) groups is 2. The number of ketones is 1. The van der Waals surface area contributed by atoms with E-state index in [-0.39, 0.29) is 47.6 Å². The molecule has 1 aromatic heterocycles. The number of halogens is 4. The lowest BCUT2D eigenvalue weighted by Crippen LogP contribution is -2.45. The van der Waals surface area contributed by atoms with E-state index in [9.17, 15) is 27.9 Å². The maximum Gasteiger partial charge on any atom is 0.422 e. The Kier molecular flexibility index (Phi) is 11.0. The second-order valence-electron chi connectivity index (χ2n) is 10.1. The number of alkyl halides is 3. The zero-order chi connectivity index (χ0) is 31.8. The van der Waals surface area contributed by atoms with E-state index in [1.54, 1.807) is 30.3 Å². The number of pyridine rings is 1. The van der Waals surface area contributed by atoms with E-state index in [0.29, 0.717) is 0 Å². The third-order valence-corrected chi connectivity index (χ3v) is 6.78. The normalized spacial score (nSPS) is 13.1. The Hall–Kier alpha value is -3.87. The highest BCUT2D eigenvalue weighted by atomic mass is 35.5. The van der Waals surface area contributed by atoms with Crippen molar-refractivity contribution in [3.05, 3.63) is 88.2 Å². The number of aliphatic hydroxyl groups is 2. The summed E-state index contributed by atoms with van der Waals surface area (Å²) in [7, 11) is 1.32. The number of ether oxygens (including phenoxy) is 3. The number of aromatic nitrogens is 1. The molecule has 0 fully saturated rings. The van der Waals surface area contributed by atoms with Crippen LogP contribution in [0, 0.1) is 0 Å². The lowest BCUT2D eigenvalue weighted by atomic mass is 9.87. The van der Waals surface area contributed by atoms with Crippen molar-refractivity contribution in [2.24, 2.45) is 0 Å². The van der Waals surface area contributed by atoms with Gasteiger partial charge in [-0.2, -0.15) is 13.2 Å². The number of nitrogens with one attached hydrogen (secondary N) is 1. The molecule has 0 aliphatic rings. The van der Waals surface area contributed by atoms with Gasteiger partial charge in [-0.1, -0.05) is 41.9 Å². The van der Waals surface area contributed by atoms with Crippen LogP contribution in [0.15, 0.2) is 60.7 Å². The van der Waals surface area contributed by atoms with Gasteiger partial charge in [0, 0.05) is 12.0 Å². The number of Topliss-reactive ketones (excluding diaryl/α,β-unsaturated/α-hetero) is 1. The van der Waals surface area contributed by atoms with Crippen LogP contribution < -0.4 is 14.8 Å². The molecule has 13 heteroatoms. The highest BCUT2D eigenvalue weighted by molar-refractivity contribution is 6.29. The van der Waals surface area contributed by atoms with Crippen LogP contribution >= 0.6 is 11.6 Å². The Morgan fingerprint density at radius 3 is 2.35 bits per heavy atom. The van der Waals surface area contributed by atoms with Crippen molar-refractivity contribution in [2.75, 3.05) is 20.3 Å². The molecule has 0 saturated carbocycles. The van der Waals surface area contributed by atoms with Gasteiger partial charge in [-0.15, -0.1) is 0 Å². The number of benzene rings is 2. The molecular formula is C30H32ClF3N2O7. The molecule has 2 aromatic carbocycles. The molecule has 0 aliphatic heterocycles. The average Bonchev–Trinajstić information content (AvgIpc) is 2.96. The Balaban J connectivity index is 1.82. The molecule has 9 nitrogen and oxygen atoms in total. The smallest absolute Gasteiger partial charge is 0.422 e. The molecule has 1 heterocycles. The van der Waals surface area contributed by atoms with Crippen LogP contribution in [0.3, 0.4) is 0 Å². The van der Waals surface area contributed by atoms with Crippen molar-refractivity contribution >= 4 is 23.5 Å². The van der Waals surface area contributed by atoms with Gasteiger partial charge in [-0.25, -0.2) is 9.78 Å². The summed E-state index contributed by atoms with van der Waals surface area (Å²) < 4.78 is 58.8. The molecule has 0 aliphatic carbocycles. The molecule has 3 N–H and O–H groups in total. The van der Waals surface area contributed by atoms with Crippen molar-refractivity contribution in [3.8, 4) is 11.5 Å². The molecule has 1 amide bonds. The summed E-state index contributed by atoms with van der Waals surface area (Å²) in [6.45, 7) is 2.72. The Bertz CT molecular complexity index is 1420. The standard InChI is InChI=1S/C30H32ClF3N2O7/c1-28(2,36-27(39)43-18-19-7-5-4-6-8-19)21-16-25(35-26(31)17-21)29(40,30(32,33)34)12-11-22(38)20-9-10-23(42-14-13-37)24(15-20)41-3/h4-10,15-17,37,40H,11-14,18H2,1-3H3,(H,36,39). The number of aliphatic hydroxyl groups excluding tert-OH is 1. The van der Waals surface area contributed by atoms with Gasteiger partial charge in [0.15, 0.2) is 17.3 Å². The zero-order valence-corrected chi connectivity index (χ0v) is 24.5. The molecule has 43 heavy (non-hydrogen) atoms. The van der Waals surface area contributed by atoms with Crippen molar-refractivity contribution in [1.82, 2.24) is 10.3 Å². The lowest BCUT2D eigenvalue weighted by Gasteiger charge is -2.32. The van der Waals surface area contributed by atoms with Crippen LogP contribution in [-0.2, 0) is 22.5 Å². The number of nitrogens with zero attached hydrogens (tertiary/aromatic N) is 1. The van der Waals surface area contributed by atoms with Crippen LogP contribution in [0.4, 0.5) is 18.0 Å². The SMILES string of the molecule is COc1cc(C(=O)CCC(O)(c2cc(C(C)(C)NC(=O)OCc3ccccc3)cc(Cl)n2)C(F)(F)F)ccc1OCCO. The van der Waals surface area contributed by atoms with Crippen LogP contribution in [-0.4, -0.2) is 53.6 Å². The first-order valence-electron chi connectivity index (χ1n) is 13.1. The van der Waals surface area contributed by atoms with Gasteiger partial charge in [0.2, 0.25) is 5.60 Å². The van der Waals surface area contributed by atoms with Crippen molar-refractivity contribution < 1.29 is 47.2 Å². The van der Waals surface area contributed by atoms with Crippen LogP contribution in [0.5, 0.6) is 11.5 Å². The van der Waals surface area contributed by atoms with E-state index in [2.05, 4.69) is 10.3 Å². The summed E-state index contributed by atoms with van der Waals surface area (Å²) in [5.41, 5.74) is -4.82. The number of amides is 1. The third kappa shape index (κ3) is 8.59. The summed E-state index contributed by atoms with van der Waals surface area (Å²) in [6, 6.07) is 15.1. The number of alkyl carbamates (subject to hydrolysis) is 1. The molecule has 1 atom stereocenters. The molecular weight excluding hydrogens is 593 g/mol. The van der Waals surface area contributed by atoms with Crippen molar-refractivity contribution in [3.63, 3.8) is 0 Å². The maximum absolute atomic E-state index is 14.4. The van der Waals surface area contributed by atoms with E-state index >= 15 is 0 Å². The van der Waals surface area contributed by atoms with Gasteiger partial charge < -0.3 is 29.7 Å². The summed E-state index contributed by atoms with van der Waals surface area (Å²) in [5.74, 6) is -0.334. The highest BCUT2D eigenvalue weighted by Gasteiger charge is 2.56. The number of carbonyl (C=O) groups excluding carboxylic acids is 2. The molecule has 1 unspecified atom stereocenters. The number of hydrogen-bond donors (Lipinski definition) is 3. The van der Waals surface area contributed by atoms with Gasteiger partial charge >= 0.3 is 12.3 Å². The first-order chi connectivity index (χ1) is 20.2. The fourth-order valence-corrected chi connectivity index (χ4v) is 4.33.